The molecule has 0 heterocycles. The molecular weight excluding hydrogens is 248 g/mol. The monoisotopic (exact) mass is 262 g/mol. The summed E-state index contributed by atoms with van der Waals surface area (Å²) < 4.78 is 0. The van der Waals surface area contributed by atoms with Gasteiger partial charge in [-0.15, -0.1) is 5.11 Å². The van der Waals surface area contributed by atoms with Crippen LogP contribution in [0.5, 0.6) is 0 Å². The van der Waals surface area contributed by atoms with E-state index in [0.717, 1.165) is 22.1 Å². The fourth-order valence-corrected chi connectivity index (χ4v) is 2.05. The second kappa shape index (κ2) is 5.50. The predicted octanol–water partition coefficient (Wildman–Crippen LogP) is 4.22. The fraction of sp³-hybridized carbons (Fsp3) is 0. The normalized spacial score (nSPS) is 11.1. The van der Waals surface area contributed by atoms with E-state index < -0.39 is 0 Å². The minimum Gasteiger partial charge on any atom is -0.225 e. The van der Waals surface area contributed by atoms with Crippen LogP contribution in [-0.2, 0) is 0 Å². The summed E-state index contributed by atoms with van der Waals surface area (Å²) in [6.07, 6.45) is 0. The van der Waals surface area contributed by atoms with Crippen LogP contribution in [0.25, 0.3) is 10.8 Å². The van der Waals surface area contributed by atoms with Crippen molar-refractivity contribution in [1.29, 1.82) is 0 Å². The maximum atomic E-state index is 5.98. The van der Waals surface area contributed by atoms with Crippen LogP contribution >= 0.6 is 0 Å². The highest BCUT2D eigenvalue weighted by Crippen LogP contribution is 2.25. The molecule has 4 nitrogen and oxygen atoms in total. The molecule has 0 aliphatic carbocycles. The zero-order valence-corrected chi connectivity index (χ0v) is 10.8. The van der Waals surface area contributed by atoms with E-state index in [2.05, 4.69) is 10.3 Å². The zero-order valence-electron chi connectivity index (χ0n) is 10.8. The van der Waals surface area contributed by atoms with Gasteiger partial charge in [0.25, 0.3) is 0 Å². The Kier molecular flexibility index (Phi) is 3.39. The van der Waals surface area contributed by atoms with Crippen molar-refractivity contribution < 1.29 is 0 Å². The van der Waals surface area contributed by atoms with Crippen molar-refractivity contribution >= 4 is 22.1 Å². The van der Waals surface area contributed by atoms with Gasteiger partial charge in [0.2, 0.25) is 0 Å². The maximum Gasteiger partial charge on any atom is 0.0874 e. The van der Waals surface area contributed by atoms with Gasteiger partial charge in [0.1, 0.15) is 0 Å². The second-order valence-electron chi connectivity index (χ2n) is 4.37. The first-order valence-electron chi connectivity index (χ1n) is 6.34. The van der Waals surface area contributed by atoms with Crippen molar-refractivity contribution in [2.24, 2.45) is 16.2 Å². The molecule has 0 atom stereocenters. The third-order valence-corrected chi connectivity index (χ3v) is 3.03. The first-order chi connectivity index (χ1) is 9.84. The lowest BCUT2D eigenvalue weighted by Crippen LogP contribution is -2.23. The van der Waals surface area contributed by atoms with E-state index >= 15 is 0 Å². The Balaban J connectivity index is 1.93. The average molecular weight is 262 g/mol. The summed E-state index contributed by atoms with van der Waals surface area (Å²) in [7, 11) is 0. The number of benzene rings is 3. The summed E-state index contributed by atoms with van der Waals surface area (Å²) in [6.45, 7) is 0. The Hall–Kier alpha value is -2.72. The van der Waals surface area contributed by atoms with Gasteiger partial charge in [-0.1, -0.05) is 59.8 Å². The number of hydrogen-bond donors (Lipinski definition) is 1. The predicted molar refractivity (Wildman–Crippen MR) is 81.6 cm³/mol. The second-order valence-corrected chi connectivity index (χ2v) is 4.37. The smallest absolute Gasteiger partial charge is 0.0874 e. The van der Waals surface area contributed by atoms with Crippen LogP contribution in [0.15, 0.2) is 83.1 Å². The molecule has 98 valence electrons. The molecule has 20 heavy (non-hydrogen) atoms. The molecule has 0 amide bonds. The molecule has 3 aromatic rings. The molecule has 3 rings (SSSR count). The Morgan fingerprint density at radius 3 is 2.30 bits per heavy atom. The SMILES string of the molecule is NN(N=Nc1ccccc1)c1cccc2ccccc12. The van der Waals surface area contributed by atoms with Crippen LogP contribution in [0.4, 0.5) is 11.4 Å². The molecular formula is C16H14N4. The number of anilines is 1. The number of rotatable bonds is 3. The van der Waals surface area contributed by atoms with Crippen molar-refractivity contribution in [1.82, 2.24) is 0 Å². The summed E-state index contributed by atoms with van der Waals surface area (Å²) >= 11 is 0. The molecule has 0 spiro atoms. The first kappa shape index (κ1) is 12.3. The fourth-order valence-electron chi connectivity index (χ4n) is 2.05. The van der Waals surface area contributed by atoms with Gasteiger partial charge in [-0.2, -0.15) is 5.12 Å². The number of hydrazine groups is 1. The molecule has 0 saturated carbocycles. The van der Waals surface area contributed by atoms with Crippen LogP contribution in [0, 0.1) is 0 Å². The first-order valence-corrected chi connectivity index (χ1v) is 6.34. The molecule has 2 N–H and O–H groups in total. The molecule has 0 radical (unpaired) electrons. The van der Waals surface area contributed by atoms with Crippen molar-refractivity contribution in [3.63, 3.8) is 0 Å². The summed E-state index contributed by atoms with van der Waals surface area (Å²) in [5.74, 6) is 5.98. The highest BCUT2D eigenvalue weighted by atomic mass is 15.7. The van der Waals surface area contributed by atoms with Gasteiger partial charge in [0.05, 0.1) is 11.4 Å². The number of hydrogen-bond acceptors (Lipinski definition) is 3. The third kappa shape index (κ3) is 2.50. The van der Waals surface area contributed by atoms with Crippen LogP contribution in [0.3, 0.4) is 0 Å². The molecule has 0 unspecified atom stereocenters. The van der Waals surface area contributed by atoms with Crippen molar-refractivity contribution in [3.8, 4) is 0 Å². The molecule has 4 heteroatoms. The van der Waals surface area contributed by atoms with Crippen LogP contribution in [0.1, 0.15) is 0 Å². The minimum absolute atomic E-state index is 0.767. The van der Waals surface area contributed by atoms with Gasteiger partial charge in [0, 0.05) is 5.39 Å². The molecule has 3 aromatic carbocycles. The van der Waals surface area contributed by atoms with E-state index in [1.165, 1.54) is 5.12 Å². The molecule has 0 aromatic heterocycles. The molecule has 0 bridgehead atoms. The van der Waals surface area contributed by atoms with Crippen LogP contribution in [-0.4, -0.2) is 0 Å². The minimum atomic E-state index is 0.767. The Morgan fingerprint density at radius 1 is 0.750 bits per heavy atom. The largest absolute Gasteiger partial charge is 0.225 e. The number of nitrogens with two attached hydrogens (primary N) is 1. The molecule has 0 aliphatic heterocycles. The topological polar surface area (TPSA) is 54.0 Å². The molecule has 0 saturated heterocycles. The Labute approximate surface area is 117 Å². The van der Waals surface area contributed by atoms with Gasteiger partial charge >= 0.3 is 0 Å². The highest BCUT2D eigenvalue weighted by molar-refractivity contribution is 5.93. The number of nitrogens with zero attached hydrogens (tertiary/aromatic N) is 3. The zero-order chi connectivity index (χ0) is 13.8. The van der Waals surface area contributed by atoms with Crippen LogP contribution < -0.4 is 11.0 Å². The van der Waals surface area contributed by atoms with E-state index in [0.29, 0.717) is 0 Å². The van der Waals surface area contributed by atoms with E-state index in [-0.39, 0.29) is 0 Å². The lowest BCUT2D eigenvalue weighted by atomic mass is 10.1. The van der Waals surface area contributed by atoms with E-state index in [1.807, 2.05) is 72.8 Å². The van der Waals surface area contributed by atoms with E-state index in [9.17, 15) is 0 Å². The lowest BCUT2D eigenvalue weighted by molar-refractivity contribution is 0.860. The van der Waals surface area contributed by atoms with Gasteiger partial charge in [-0.05, 0) is 23.6 Å². The summed E-state index contributed by atoms with van der Waals surface area (Å²) in [5.41, 5.74) is 1.59. The number of fused-ring (bicyclic) bond motifs is 1. The average Bonchev–Trinajstić information content (AvgIpc) is 2.53. The Bertz CT molecular complexity index is 732. The third-order valence-electron chi connectivity index (χ3n) is 3.03. The van der Waals surface area contributed by atoms with Crippen LogP contribution in [0.2, 0.25) is 0 Å². The van der Waals surface area contributed by atoms with Crippen molar-refractivity contribution in [2.45, 2.75) is 0 Å². The summed E-state index contributed by atoms with van der Waals surface area (Å²) in [5, 5.41) is 11.6. The van der Waals surface area contributed by atoms with Gasteiger partial charge in [-0.25, -0.2) is 5.84 Å². The highest BCUT2D eigenvalue weighted by Gasteiger charge is 2.04. The van der Waals surface area contributed by atoms with Crippen molar-refractivity contribution in [3.05, 3.63) is 72.8 Å². The summed E-state index contributed by atoms with van der Waals surface area (Å²) in [6, 6.07) is 23.5. The van der Waals surface area contributed by atoms with Crippen molar-refractivity contribution in [2.75, 3.05) is 5.12 Å². The standard InChI is InChI=1S/C16H14N4/c17-20(19-18-14-9-2-1-3-10-14)16-12-6-8-13-7-4-5-11-15(13)16/h1-12H,17H2. The molecule has 0 aliphatic rings. The maximum absolute atomic E-state index is 5.98. The Morgan fingerprint density at radius 2 is 1.45 bits per heavy atom. The quantitative estimate of drug-likeness (QED) is 0.436. The van der Waals surface area contributed by atoms with Gasteiger partial charge < -0.3 is 0 Å². The van der Waals surface area contributed by atoms with E-state index in [4.69, 9.17) is 5.84 Å². The van der Waals surface area contributed by atoms with E-state index in [1.54, 1.807) is 0 Å². The lowest BCUT2D eigenvalue weighted by Gasteiger charge is -2.13. The summed E-state index contributed by atoms with van der Waals surface area (Å²) in [4.78, 5) is 0. The molecule has 0 fully saturated rings. The van der Waals surface area contributed by atoms with Gasteiger partial charge in [-0.3, -0.25) is 0 Å². The van der Waals surface area contributed by atoms with Gasteiger partial charge in [0.15, 0.2) is 0 Å².